The van der Waals surface area contributed by atoms with Crippen molar-refractivity contribution >= 4 is 27.8 Å². The molecule has 0 spiro atoms. The topological polar surface area (TPSA) is 78.1 Å². The molecule has 0 radical (unpaired) electrons. The highest BCUT2D eigenvalue weighted by Crippen LogP contribution is 2.17. The molecular weight excluding hydrogens is 286 g/mol. The van der Waals surface area contributed by atoms with Crippen molar-refractivity contribution in [3.63, 3.8) is 0 Å². The van der Waals surface area contributed by atoms with E-state index in [1.807, 2.05) is 0 Å². The molecule has 5 nitrogen and oxygen atoms in total. The van der Waals surface area contributed by atoms with Gasteiger partial charge in [-0.05, 0) is 30.3 Å². The minimum absolute atomic E-state index is 0.0373. The van der Waals surface area contributed by atoms with Crippen LogP contribution in [0.15, 0.2) is 41.0 Å². The molecule has 86 valence electrons. The summed E-state index contributed by atoms with van der Waals surface area (Å²) in [6.45, 7) is 0. The number of hydrogen-bond acceptors (Lipinski definition) is 5. The van der Waals surface area contributed by atoms with E-state index in [0.717, 1.165) is 4.47 Å². The number of esters is 1. The van der Waals surface area contributed by atoms with Gasteiger partial charge in [0, 0.05) is 10.7 Å². The molecule has 0 saturated carbocycles. The SMILES string of the molecule is Nc1nccc(C(=O)Oc2ccc(Br)cc2)n1. The Morgan fingerprint density at radius 3 is 2.59 bits per heavy atom. The quantitative estimate of drug-likeness (QED) is 0.677. The molecule has 0 unspecified atom stereocenters. The molecule has 2 N–H and O–H groups in total. The Kier molecular flexibility index (Phi) is 3.34. The van der Waals surface area contributed by atoms with Gasteiger partial charge in [0.15, 0.2) is 5.69 Å². The summed E-state index contributed by atoms with van der Waals surface area (Å²) < 4.78 is 6.01. The first-order valence-electron chi connectivity index (χ1n) is 4.71. The van der Waals surface area contributed by atoms with E-state index in [-0.39, 0.29) is 11.6 Å². The predicted molar refractivity (Wildman–Crippen MR) is 65.5 cm³/mol. The van der Waals surface area contributed by atoms with E-state index in [4.69, 9.17) is 10.5 Å². The molecule has 0 saturated heterocycles. The molecule has 1 aromatic carbocycles. The van der Waals surface area contributed by atoms with Crippen LogP contribution in [-0.2, 0) is 0 Å². The van der Waals surface area contributed by atoms with Crippen LogP contribution in [0, 0.1) is 0 Å². The van der Waals surface area contributed by atoms with Gasteiger partial charge < -0.3 is 10.5 Å². The van der Waals surface area contributed by atoms with Crippen molar-refractivity contribution in [3.05, 3.63) is 46.7 Å². The Labute approximate surface area is 106 Å². The first kappa shape index (κ1) is 11.5. The fourth-order valence-corrected chi connectivity index (χ4v) is 1.41. The molecule has 0 aliphatic carbocycles. The molecule has 6 heteroatoms. The summed E-state index contributed by atoms with van der Waals surface area (Å²) in [5.41, 5.74) is 5.50. The summed E-state index contributed by atoms with van der Waals surface area (Å²) in [4.78, 5) is 19.1. The van der Waals surface area contributed by atoms with Crippen LogP contribution in [0.4, 0.5) is 5.95 Å². The van der Waals surface area contributed by atoms with Gasteiger partial charge in [0.25, 0.3) is 0 Å². The second-order valence-corrected chi connectivity index (χ2v) is 4.06. The number of rotatable bonds is 2. The van der Waals surface area contributed by atoms with Gasteiger partial charge in [-0.2, -0.15) is 0 Å². The Morgan fingerprint density at radius 1 is 1.24 bits per heavy atom. The smallest absolute Gasteiger partial charge is 0.362 e. The summed E-state index contributed by atoms with van der Waals surface area (Å²) in [5, 5.41) is 0. The summed E-state index contributed by atoms with van der Waals surface area (Å²) in [6, 6.07) is 8.34. The van der Waals surface area contributed by atoms with E-state index < -0.39 is 5.97 Å². The second-order valence-electron chi connectivity index (χ2n) is 3.14. The highest BCUT2D eigenvalue weighted by molar-refractivity contribution is 9.10. The van der Waals surface area contributed by atoms with Gasteiger partial charge in [-0.15, -0.1) is 0 Å². The van der Waals surface area contributed by atoms with E-state index in [2.05, 4.69) is 25.9 Å². The Bertz CT molecular complexity index is 543. The van der Waals surface area contributed by atoms with E-state index in [1.165, 1.54) is 12.3 Å². The number of carbonyl (C=O) groups is 1. The average Bonchev–Trinajstić information content (AvgIpc) is 2.32. The maximum absolute atomic E-state index is 11.7. The molecule has 1 aromatic heterocycles. The molecule has 0 aliphatic rings. The Balaban J connectivity index is 2.14. The summed E-state index contributed by atoms with van der Waals surface area (Å²) in [7, 11) is 0. The molecule has 1 heterocycles. The molecular formula is C11H8BrN3O2. The van der Waals surface area contributed by atoms with Crippen molar-refractivity contribution < 1.29 is 9.53 Å². The first-order chi connectivity index (χ1) is 8.15. The van der Waals surface area contributed by atoms with Crippen LogP contribution in [0.25, 0.3) is 0 Å². The van der Waals surface area contributed by atoms with Crippen LogP contribution < -0.4 is 10.5 Å². The number of hydrogen-bond donors (Lipinski definition) is 1. The zero-order valence-corrected chi connectivity index (χ0v) is 10.2. The van der Waals surface area contributed by atoms with Crippen molar-refractivity contribution in [2.24, 2.45) is 0 Å². The van der Waals surface area contributed by atoms with Crippen LogP contribution >= 0.6 is 15.9 Å². The molecule has 0 bridgehead atoms. The van der Waals surface area contributed by atoms with E-state index >= 15 is 0 Å². The third kappa shape index (κ3) is 3.01. The van der Waals surface area contributed by atoms with Gasteiger partial charge in [0.05, 0.1) is 0 Å². The number of nitrogen functional groups attached to an aromatic ring is 1. The van der Waals surface area contributed by atoms with Gasteiger partial charge in [0.1, 0.15) is 5.75 Å². The second kappa shape index (κ2) is 4.92. The molecule has 0 atom stereocenters. The average molecular weight is 294 g/mol. The lowest BCUT2D eigenvalue weighted by Gasteiger charge is -2.03. The lowest BCUT2D eigenvalue weighted by molar-refractivity contribution is 0.0728. The third-order valence-corrected chi connectivity index (χ3v) is 2.44. The third-order valence-electron chi connectivity index (χ3n) is 1.91. The Morgan fingerprint density at radius 2 is 1.94 bits per heavy atom. The van der Waals surface area contributed by atoms with Crippen molar-refractivity contribution in [2.75, 3.05) is 5.73 Å². The van der Waals surface area contributed by atoms with Crippen molar-refractivity contribution in [1.82, 2.24) is 9.97 Å². The highest BCUT2D eigenvalue weighted by Gasteiger charge is 2.10. The number of benzene rings is 1. The molecule has 17 heavy (non-hydrogen) atoms. The number of halogens is 1. The van der Waals surface area contributed by atoms with Crippen LogP contribution in [0.2, 0.25) is 0 Å². The fourth-order valence-electron chi connectivity index (χ4n) is 1.15. The van der Waals surface area contributed by atoms with E-state index in [9.17, 15) is 4.79 Å². The normalized spacial score (nSPS) is 9.94. The maximum Gasteiger partial charge on any atom is 0.362 e. The number of aromatic nitrogens is 2. The lowest BCUT2D eigenvalue weighted by atomic mass is 10.3. The van der Waals surface area contributed by atoms with Crippen LogP contribution in [0.3, 0.4) is 0 Å². The molecule has 0 aliphatic heterocycles. The van der Waals surface area contributed by atoms with Crippen LogP contribution in [-0.4, -0.2) is 15.9 Å². The first-order valence-corrected chi connectivity index (χ1v) is 5.51. The molecule has 0 amide bonds. The molecule has 0 fully saturated rings. The maximum atomic E-state index is 11.7. The standard InChI is InChI=1S/C11H8BrN3O2/c12-7-1-3-8(4-2-7)17-10(16)9-5-6-14-11(13)15-9/h1-6H,(H2,13,14,15). The largest absolute Gasteiger partial charge is 0.422 e. The number of nitrogens with two attached hydrogens (primary N) is 1. The number of anilines is 1. The molecule has 2 aromatic rings. The van der Waals surface area contributed by atoms with Gasteiger partial charge in [-0.3, -0.25) is 0 Å². The fraction of sp³-hybridized carbons (Fsp3) is 0. The minimum Gasteiger partial charge on any atom is -0.422 e. The number of carbonyl (C=O) groups excluding carboxylic acids is 1. The Hall–Kier alpha value is -1.95. The predicted octanol–water partition coefficient (Wildman–Crippen LogP) is 2.04. The van der Waals surface area contributed by atoms with Crippen molar-refractivity contribution in [1.29, 1.82) is 0 Å². The van der Waals surface area contributed by atoms with E-state index in [0.29, 0.717) is 5.75 Å². The van der Waals surface area contributed by atoms with Crippen LogP contribution in [0.1, 0.15) is 10.5 Å². The summed E-state index contributed by atoms with van der Waals surface area (Å²) in [5.74, 6) is -0.0907. The van der Waals surface area contributed by atoms with Crippen molar-refractivity contribution in [2.45, 2.75) is 0 Å². The van der Waals surface area contributed by atoms with E-state index in [1.54, 1.807) is 24.3 Å². The monoisotopic (exact) mass is 293 g/mol. The lowest BCUT2D eigenvalue weighted by Crippen LogP contribution is -2.12. The number of ether oxygens (including phenoxy) is 1. The summed E-state index contributed by atoms with van der Waals surface area (Å²) >= 11 is 3.29. The number of nitrogens with zero attached hydrogens (tertiary/aromatic N) is 2. The van der Waals surface area contributed by atoms with Gasteiger partial charge in [0.2, 0.25) is 5.95 Å². The van der Waals surface area contributed by atoms with Gasteiger partial charge in [-0.25, -0.2) is 14.8 Å². The van der Waals surface area contributed by atoms with Crippen LogP contribution in [0.5, 0.6) is 5.75 Å². The van der Waals surface area contributed by atoms with Gasteiger partial charge >= 0.3 is 5.97 Å². The van der Waals surface area contributed by atoms with Gasteiger partial charge in [-0.1, -0.05) is 15.9 Å². The highest BCUT2D eigenvalue weighted by atomic mass is 79.9. The minimum atomic E-state index is -0.568. The zero-order valence-electron chi connectivity index (χ0n) is 8.63. The summed E-state index contributed by atoms with van der Waals surface area (Å²) in [6.07, 6.45) is 1.40. The van der Waals surface area contributed by atoms with Crippen molar-refractivity contribution in [3.8, 4) is 5.75 Å². The zero-order chi connectivity index (χ0) is 12.3. The molecule has 2 rings (SSSR count).